The molecule has 172 valence electrons. The number of aliphatic imine (C=N–C) groups is 1. The van der Waals surface area contributed by atoms with Crippen LogP contribution in [0.2, 0.25) is 0 Å². The number of urea groups is 1. The molecule has 10 nitrogen and oxygen atoms in total. The Kier molecular flexibility index (Phi) is 5.72. The fourth-order valence-corrected chi connectivity index (χ4v) is 4.88. The summed E-state index contributed by atoms with van der Waals surface area (Å²) in [6, 6.07) is 5.19. The Morgan fingerprint density at radius 2 is 1.78 bits per heavy atom. The average Bonchev–Trinajstić information content (AvgIpc) is 3.25. The van der Waals surface area contributed by atoms with Crippen LogP contribution in [0.3, 0.4) is 0 Å². The summed E-state index contributed by atoms with van der Waals surface area (Å²) in [5.74, 6) is 0.283. The van der Waals surface area contributed by atoms with E-state index in [-0.39, 0.29) is 16.8 Å². The minimum Gasteiger partial charge on any atom is -0.302 e. The zero-order valence-corrected chi connectivity index (χ0v) is 19.2. The van der Waals surface area contributed by atoms with Crippen LogP contribution in [0.5, 0.6) is 0 Å². The highest BCUT2D eigenvalue weighted by atomic mass is 32.2. The van der Waals surface area contributed by atoms with Gasteiger partial charge < -0.3 is 9.80 Å². The first-order valence-electron chi connectivity index (χ1n) is 10.7. The average molecular weight is 461 g/mol. The lowest BCUT2D eigenvalue weighted by molar-refractivity contribution is -0.136. The summed E-state index contributed by atoms with van der Waals surface area (Å²) in [5.41, 5.74) is 1.51. The van der Waals surface area contributed by atoms with Crippen molar-refractivity contribution in [2.24, 2.45) is 10.1 Å². The predicted octanol–water partition coefficient (Wildman–Crippen LogP) is 1.86. The van der Waals surface area contributed by atoms with Crippen LogP contribution in [-0.4, -0.2) is 66.8 Å². The number of benzene rings is 1. The first-order chi connectivity index (χ1) is 15.1. The van der Waals surface area contributed by atoms with Gasteiger partial charge in [0.15, 0.2) is 12.2 Å². The minimum atomic E-state index is -3.80. The van der Waals surface area contributed by atoms with Crippen molar-refractivity contribution in [3.8, 4) is 0 Å². The number of primary sulfonamides is 1. The van der Waals surface area contributed by atoms with Gasteiger partial charge in [-0.1, -0.05) is 26.2 Å². The van der Waals surface area contributed by atoms with Gasteiger partial charge in [0.1, 0.15) is 0 Å². The molecule has 3 heterocycles. The summed E-state index contributed by atoms with van der Waals surface area (Å²) in [6.07, 6.45) is 5.12. The highest BCUT2D eigenvalue weighted by molar-refractivity contribution is 7.89. The van der Waals surface area contributed by atoms with E-state index in [2.05, 4.69) is 6.92 Å². The van der Waals surface area contributed by atoms with Crippen molar-refractivity contribution in [1.82, 2.24) is 14.7 Å². The van der Waals surface area contributed by atoms with E-state index in [1.165, 1.54) is 21.9 Å². The number of sulfonamides is 1. The normalized spacial score (nSPS) is 22.9. The van der Waals surface area contributed by atoms with Gasteiger partial charge in [0, 0.05) is 31.2 Å². The summed E-state index contributed by atoms with van der Waals surface area (Å²) in [6.45, 7) is 4.40. The van der Waals surface area contributed by atoms with Crippen LogP contribution >= 0.6 is 0 Å². The molecular formula is C21H28N6O4S. The lowest BCUT2D eigenvalue weighted by Crippen LogP contribution is -2.64. The molecule has 32 heavy (non-hydrogen) atoms. The summed E-state index contributed by atoms with van der Waals surface area (Å²) in [7, 11) is -2.13. The van der Waals surface area contributed by atoms with E-state index in [4.69, 9.17) is 10.1 Å². The van der Waals surface area contributed by atoms with Crippen LogP contribution in [0.1, 0.15) is 39.5 Å². The number of guanidine groups is 1. The maximum absolute atomic E-state index is 13.3. The largest absolute Gasteiger partial charge is 0.328 e. The van der Waals surface area contributed by atoms with Gasteiger partial charge in [-0.3, -0.25) is 14.6 Å². The molecule has 1 saturated heterocycles. The van der Waals surface area contributed by atoms with Crippen molar-refractivity contribution in [3.05, 3.63) is 36.2 Å². The van der Waals surface area contributed by atoms with E-state index in [1.54, 1.807) is 24.1 Å². The smallest absolute Gasteiger partial charge is 0.302 e. The number of rotatable bonds is 7. The van der Waals surface area contributed by atoms with Crippen molar-refractivity contribution in [1.29, 1.82) is 0 Å². The van der Waals surface area contributed by atoms with Crippen molar-refractivity contribution in [2.45, 2.75) is 56.6 Å². The molecule has 2 N–H and O–H groups in total. The third-order valence-corrected chi connectivity index (χ3v) is 6.98. The topological polar surface area (TPSA) is 120 Å². The van der Waals surface area contributed by atoms with Crippen LogP contribution in [-0.2, 0) is 14.8 Å². The molecule has 1 aromatic carbocycles. The van der Waals surface area contributed by atoms with E-state index in [9.17, 15) is 18.0 Å². The van der Waals surface area contributed by atoms with Gasteiger partial charge >= 0.3 is 6.03 Å². The van der Waals surface area contributed by atoms with E-state index in [0.29, 0.717) is 18.2 Å². The second-order valence-corrected chi connectivity index (χ2v) is 9.85. The lowest BCUT2D eigenvalue weighted by Gasteiger charge is -2.40. The zero-order valence-electron chi connectivity index (χ0n) is 18.4. The molecule has 1 fully saturated rings. The van der Waals surface area contributed by atoms with Crippen LogP contribution in [0, 0.1) is 0 Å². The molecule has 0 radical (unpaired) electrons. The Morgan fingerprint density at radius 1 is 1.09 bits per heavy atom. The number of allylic oxidation sites excluding steroid dienone is 1. The summed E-state index contributed by atoms with van der Waals surface area (Å²) >= 11 is 0. The number of hydrogen-bond donors (Lipinski definition) is 1. The first-order valence-corrected chi connectivity index (χ1v) is 12.3. The molecule has 11 heteroatoms. The second kappa shape index (κ2) is 8.21. The summed E-state index contributed by atoms with van der Waals surface area (Å²) in [4.78, 5) is 37.4. The fraction of sp³-hybridized carbons (Fsp3) is 0.476. The van der Waals surface area contributed by atoms with E-state index < -0.39 is 22.2 Å². The molecule has 0 spiro atoms. The molecule has 0 bridgehead atoms. The fourth-order valence-electron chi connectivity index (χ4n) is 4.36. The number of carbonyl (C=O) groups is 2. The lowest BCUT2D eigenvalue weighted by atomic mass is 10.1. The van der Waals surface area contributed by atoms with Gasteiger partial charge in [0.05, 0.1) is 4.90 Å². The van der Waals surface area contributed by atoms with Crippen molar-refractivity contribution < 1.29 is 18.0 Å². The summed E-state index contributed by atoms with van der Waals surface area (Å²) < 4.78 is 23.1. The number of fused-ring (bicyclic) bond motifs is 3. The van der Waals surface area contributed by atoms with Crippen LogP contribution in [0.4, 0.5) is 10.5 Å². The molecule has 3 aliphatic rings. The quantitative estimate of drug-likeness (QED) is 0.620. The Hall–Kier alpha value is -2.92. The van der Waals surface area contributed by atoms with Crippen LogP contribution in [0.15, 0.2) is 46.1 Å². The van der Waals surface area contributed by atoms with Gasteiger partial charge in [0.2, 0.25) is 16.0 Å². The highest BCUT2D eigenvalue weighted by Gasteiger charge is 2.54. The maximum Gasteiger partial charge on any atom is 0.328 e. The molecule has 3 amide bonds. The monoisotopic (exact) mass is 460 g/mol. The Morgan fingerprint density at radius 3 is 2.41 bits per heavy atom. The number of likely N-dealkylation sites (N-methyl/N-ethyl adjacent to an activating group) is 1. The van der Waals surface area contributed by atoms with Gasteiger partial charge in [-0.15, -0.1) is 0 Å². The first kappa shape index (κ1) is 22.3. The second-order valence-electron chi connectivity index (χ2n) is 8.28. The number of nitrogens with two attached hydrogens (primary N) is 1. The molecule has 2 unspecified atom stereocenters. The predicted molar refractivity (Wildman–Crippen MR) is 120 cm³/mol. The minimum absolute atomic E-state index is 0.0141. The van der Waals surface area contributed by atoms with Crippen LogP contribution < -0.4 is 10.0 Å². The molecule has 1 aromatic rings. The number of hydrogen-bond acceptors (Lipinski definition) is 7. The van der Waals surface area contributed by atoms with E-state index >= 15 is 0 Å². The number of carbonyl (C=O) groups excluding carboxylic acids is 2. The molecule has 3 aliphatic heterocycles. The van der Waals surface area contributed by atoms with Gasteiger partial charge in [-0.2, -0.15) is 0 Å². The van der Waals surface area contributed by atoms with Crippen molar-refractivity contribution in [3.63, 3.8) is 0 Å². The van der Waals surface area contributed by atoms with Crippen LogP contribution in [0.25, 0.3) is 0 Å². The van der Waals surface area contributed by atoms with Gasteiger partial charge in [0.25, 0.3) is 5.91 Å². The van der Waals surface area contributed by atoms with Crippen molar-refractivity contribution >= 4 is 33.6 Å². The van der Waals surface area contributed by atoms with E-state index in [1.807, 2.05) is 18.0 Å². The molecular weight excluding hydrogens is 432 g/mol. The number of imide groups is 1. The molecule has 0 aliphatic carbocycles. The SMILES string of the molecule is CCCCCCN1C(=O)C2C(N=C3N(c4ccc(S(N)(=O)=O)cc4)C(C)=CN32)N(C)C1=O. The van der Waals surface area contributed by atoms with Gasteiger partial charge in [-0.25, -0.2) is 23.3 Å². The number of nitrogens with zero attached hydrogens (tertiary/aromatic N) is 5. The van der Waals surface area contributed by atoms with Crippen molar-refractivity contribution in [2.75, 3.05) is 18.5 Å². The zero-order chi connectivity index (χ0) is 23.2. The Bertz CT molecular complexity index is 1100. The molecule has 0 saturated carbocycles. The van der Waals surface area contributed by atoms with Gasteiger partial charge in [-0.05, 0) is 37.6 Å². The molecule has 0 aromatic heterocycles. The number of unbranched alkanes of at least 4 members (excludes halogenated alkanes) is 3. The third-order valence-electron chi connectivity index (χ3n) is 6.05. The third kappa shape index (κ3) is 3.65. The summed E-state index contributed by atoms with van der Waals surface area (Å²) in [5, 5.41) is 5.20. The standard InChI is InChI=1S/C21H28N6O4S/c1-4-5-6-7-12-25-19(28)17-18(24(3)21(25)29)23-20-26(17)13-14(2)27(20)15-8-10-16(11-9-15)32(22,30)31/h8-11,13,17-18H,4-7,12H2,1-3H3,(H2,22,30,31). The Labute approximate surface area is 188 Å². The number of anilines is 1. The Balaban J connectivity index is 1.60. The highest BCUT2D eigenvalue weighted by Crippen LogP contribution is 2.36. The maximum atomic E-state index is 13.3. The van der Waals surface area contributed by atoms with E-state index in [0.717, 1.165) is 31.4 Å². The molecule has 4 rings (SSSR count). The molecule has 2 atom stereocenters. The number of amides is 3.